The second kappa shape index (κ2) is 7.59. The standard InChI is InChI=1S/C10H15N5O10P2S/c11-10-13-7-4(8(18)14-10)12-2-15(7)9-6(17)5(16)3(24-9)1-23-26(19,20)25-27(21,22)28/h2-6,9,16-17H,1H2,(H,19,20)(H2,11,14,18)(H2,21,22,28)/t3-,4?,5+,6?,9-/m1/s1. The third-order valence-corrected chi connectivity index (χ3v) is 6.54. The first-order valence-electron chi connectivity index (χ1n) is 7.43. The molecule has 7 N–H and O–H groups in total. The average molecular weight is 459 g/mol. The number of guanidine groups is 1. The SMILES string of the molecule is N=C1N=C2C(N=CN2[C@@H]2O[C@H](COP(=O)(O)OP(O)(O)=S)[C@H](O)C2O)C(=O)N1. The minimum Gasteiger partial charge on any atom is -0.387 e. The predicted molar refractivity (Wildman–Crippen MR) is 93.7 cm³/mol. The summed E-state index contributed by atoms with van der Waals surface area (Å²) in [4.78, 5) is 47.9. The number of rotatable bonds is 6. The number of fused-ring (bicyclic) bond motifs is 1. The van der Waals surface area contributed by atoms with Gasteiger partial charge in [0.25, 0.3) is 5.91 Å². The number of aliphatic hydroxyl groups is 2. The zero-order valence-electron chi connectivity index (χ0n) is 13.6. The Bertz CT molecular complexity index is 846. The van der Waals surface area contributed by atoms with Crippen LogP contribution in [0.25, 0.3) is 0 Å². The predicted octanol–water partition coefficient (Wildman–Crippen LogP) is -3.05. The lowest BCUT2D eigenvalue weighted by molar-refractivity contribution is -0.119. The Hall–Kier alpha value is -1.16. The summed E-state index contributed by atoms with van der Waals surface area (Å²) in [5.74, 6) is -1.06. The molecular formula is C10H15N5O10P2S. The van der Waals surface area contributed by atoms with Crippen LogP contribution in [0.2, 0.25) is 0 Å². The van der Waals surface area contributed by atoms with E-state index in [1.54, 1.807) is 0 Å². The van der Waals surface area contributed by atoms with Crippen molar-refractivity contribution in [2.24, 2.45) is 9.98 Å². The van der Waals surface area contributed by atoms with Gasteiger partial charge >= 0.3 is 14.5 Å². The van der Waals surface area contributed by atoms with Gasteiger partial charge in [0.2, 0.25) is 5.96 Å². The highest BCUT2D eigenvalue weighted by molar-refractivity contribution is 8.08. The molecule has 28 heavy (non-hydrogen) atoms. The van der Waals surface area contributed by atoms with Gasteiger partial charge in [-0.25, -0.2) is 8.88 Å². The molecular weight excluding hydrogens is 444 g/mol. The van der Waals surface area contributed by atoms with Gasteiger partial charge < -0.3 is 29.6 Å². The quantitative estimate of drug-likeness (QED) is 0.197. The van der Waals surface area contributed by atoms with Gasteiger partial charge in [0.1, 0.15) is 18.3 Å². The zero-order valence-corrected chi connectivity index (χ0v) is 16.2. The molecule has 0 radical (unpaired) electrons. The van der Waals surface area contributed by atoms with Crippen LogP contribution < -0.4 is 5.32 Å². The Morgan fingerprint density at radius 2 is 2.04 bits per heavy atom. The molecule has 1 saturated heterocycles. The number of carbonyl (C=O) groups is 1. The molecule has 6 atom stereocenters. The molecule has 18 heteroatoms. The first-order chi connectivity index (χ1) is 12.9. The average Bonchev–Trinajstić information content (AvgIpc) is 3.06. The third-order valence-electron chi connectivity index (χ3n) is 3.79. The number of aliphatic imine (C=N–C) groups is 2. The minimum atomic E-state index is -4.97. The molecule has 0 bridgehead atoms. The maximum Gasteiger partial charge on any atom is 0.479 e. The molecule has 0 aliphatic carbocycles. The van der Waals surface area contributed by atoms with Crippen molar-refractivity contribution >= 4 is 50.4 Å². The number of nitrogens with zero attached hydrogens (tertiary/aromatic N) is 3. The Morgan fingerprint density at radius 1 is 1.36 bits per heavy atom. The number of hydrogen-bond acceptors (Lipinski definition) is 11. The lowest BCUT2D eigenvalue weighted by atomic mass is 10.1. The number of nitrogens with one attached hydrogen (secondary N) is 2. The summed E-state index contributed by atoms with van der Waals surface area (Å²) in [5, 5.41) is 30.0. The van der Waals surface area contributed by atoms with E-state index >= 15 is 0 Å². The summed E-state index contributed by atoms with van der Waals surface area (Å²) in [5.41, 5.74) is 0. The number of ether oxygens (including phenoxy) is 1. The Balaban J connectivity index is 1.69. The molecule has 3 aliphatic heterocycles. The van der Waals surface area contributed by atoms with Crippen LogP contribution in [0.4, 0.5) is 0 Å². The van der Waals surface area contributed by atoms with E-state index in [4.69, 9.17) is 19.9 Å². The van der Waals surface area contributed by atoms with Gasteiger partial charge in [0, 0.05) is 0 Å². The molecule has 3 aliphatic rings. The van der Waals surface area contributed by atoms with Crippen molar-refractivity contribution in [3.63, 3.8) is 0 Å². The molecule has 3 heterocycles. The van der Waals surface area contributed by atoms with Crippen molar-refractivity contribution in [1.82, 2.24) is 10.2 Å². The van der Waals surface area contributed by atoms with Crippen LogP contribution in [-0.4, -0.2) is 91.0 Å². The van der Waals surface area contributed by atoms with E-state index in [1.165, 1.54) is 0 Å². The van der Waals surface area contributed by atoms with E-state index in [1.807, 2.05) is 0 Å². The fourth-order valence-corrected chi connectivity index (χ4v) is 5.01. The fraction of sp³-hybridized carbons (Fsp3) is 0.600. The summed E-state index contributed by atoms with van der Waals surface area (Å²) in [6.07, 6.45) is -4.67. The van der Waals surface area contributed by atoms with E-state index < -0.39 is 63.6 Å². The summed E-state index contributed by atoms with van der Waals surface area (Å²) >= 11 is 4.07. The van der Waals surface area contributed by atoms with Crippen LogP contribution in [0, 0.1) is 5.41 Å². The van der Waals surface area contributed by atoms with E-state index in [-0.39, 0.29) is 5.84 Å². The number of amidine groups is 1. The van der Waals surface area contributed by atoms with Crippen LogP contribution in [0.15, 0.2) is 9.98 Å². The smallest absolute Gasteiger partial charge is 0.387 e. The number of aliphatic hydroxyl groups excluding tert-OH is 2. The highest BCUT2D eigenvalue weighted by atomic mass is 32.5. The van der Waals surface area contributed by atoms with Crippen molar-refractivity contribution < 1.29 is 47.8 Å². The number of phosphoric acid groups is 1. The molecule has 0 spiro atoms. The zero-order chi connectivity index (χ0) is 20.9. The van der Waals surface area contributed by atoms with Crippen LogP contribution in [0.1, 0.15) is 0 Å². The summed E-state index contributed by atoms with van der Waals surface area (Å²) < 4.78 is 25.5. The van der Waals surface area contributed by atoms with Crippen molar-refractivity contribution in [2.75, 3.05) is 6.61 Å². The summed E-state index contributed by atoms with van der Waals surface area (Å²) in [7, 11) is -4.97. The molecule has 1 amide bonds. The Morgan fingerprint density at radius 3 is 2.68 bits per heavy atom. The summed E-state index contributed by atoms with van der Waals surface area (Å²) in [6.45, 7) is -5.27. The Kier molecular flexibility index (Phi) is 5.84. The highest BCUT2D eigenvalue weighted by Gasteiger charge is 2.50. The van der Waals surface area contributed by atoms with Crippen LogP contribution in [0.5, 0.6) is 0 Å². The molecule has 156 valence electrons. The molecule has 15 nitrogen and oxygen atoms in total. The van der Waals surface area contributed by atoms with Crippen LogP contribution in [-0.2, 0) is 34.7 Å². The van der Waals surface area contributed by atoms with E-state index in [9.17, 15) is 24.5 Å². The van der Waals surface area contributed by atoms with E-state index in [0.717, 1.165) is 11.2 Å². The van der Waals surface area contributed by atoms with Gasteiger partial charge in [0.05, 0.1) is 12.9 Å². The Labute approximate surface area is 161 Å². The van der Waals surface area contributed by atoms with Gasteiger partial charge in [-0.15, -0.1) is 0 Å². The third kappa shape index (κ3) is 4.53. The largest absolute Gasteiger partial charge is 0.479 e. The van der Waals surface area contributed by atoms with Crippen LogP contribution >= 0.6 is 14.5 Å². The maximum absolute atomic E-state index is 11.8. The topological polar surface area (TPSA) is 227 Å². The molecule has 1 fully saturated rings. The maximum atomic E-state index is 11.8. The minimum absolute atomic E-state index is 0.0102. The van der Waals surface area contributed by atoms with Gasteiger partial charge in [0.15, 0.2) is 18.1 Å². The number of amides is 1. The molecule has 3 unspecified atom stereocenters. The second-order valence-electron chi connectivity index (χ2n) is 5.77. The normalized spacial score (nSPS) is 34.8. The molecule has 0 saturated carbocycles. The molecule has 3 rings (SSSR count). The van der Waals surface area contributed by atoms with Crippen LogP contribution in [0.3, 0.4) is 0 Å². The van der Waals surface area contributed by atoms with E-state index in [0.29, 0.717) is 0 Å². The number of carbonyl (C=O) groups excluding carboxylic acids is 1. The fourth-order valence-electron chi connectivity index (χ4n) is 2.66. The van der Waals surface area contributed by atoms with Gasteiger partial charge in [-0.2, -0.15) is 4.99 Å². The molecule has 0 aromatic rings. The first kappa shape index (κ1) is 21.5. The first-order valence-corrected chi connectivity index (χ1v) is 11.6. The lowest BCUT2D eigenvalue weighted by Crippen LogP contribution is -2.53. The van der Waals surface area contributed by atoms with E-state index in [2.05, 4.69) is 35.9 Å². The number of hydrogen-bond donors (Lipinski definition) is 7. The summed E-state index contributed by atoms with van der Waals surface area (Å²) in [6, 6.07) is -1.05. The monoisotopic (exact) mass is 459 g/mol. The van der Waals surface area contributed by atoms with Crippen molar-refractivity contribution in [2.45, 2.75) is 30.6 Å². The van der Waals surface area contributed by atoms with Gasteiger partial charge in [-0.05, 0) is 11.8 Å². The second-order valence-corrected chi connectivity index (χ2v) is 10.0. The van der Waals surface area contributed by atoms with Crippen molar-refractivity contribution in [3.05, 3.63) is 0 Å². The van der Waals surface area contributed by atoms with Crippen molar-refractivity contribution in [3.8, 4) is 0 Å². The molecule has 0 aromatic heterocycles. The lowest BCUT2D eigenvalue weighted by Gasteiger charge is -2.28. The van der Waals surface area contributed by atoms with Crippen molar-refractivity contribution in [1.29, 1.82) is 5.41 Å². The molecule has 0 aromatic carbocycles. The highest BCUT2D eigenvalue weighted by Crippen LogP contribution is 2.57. The number of phosphoric ester groups is 1. The van der Waals surface area contributed by atoms with Gasteiger partial charge in [-0.1, -0.05) is 0 Å². The van der Waals surface area contributed by atoms with Gasteiger partial charge in [-0.3, -0.25) is 29.9 Å².